The number of aromatic nitrogens is 2. The lowest BCUT2D eigenvalue weighted by atomic mass is 9.88. The fourth-order valence-electron chi connectivity index (χ4n) is 3.29. The topological polar surface area (TPSA) is 39.1 Å². The van der Waals surface area contributed by atoms with Crippen molar-refractivity contribution in [3.63, 3.8) is 0 Å². The first kappa shape index (κ1) is 14.5. The van der Waals surface area contributed by atoms with Crippen molar-refractivity contribution < 1.29 is 4.74 Å². The summed E-state index contributed by atoms with van der Waals surface area (Å²) in [5.74, 6) is 0. The molecule has 1 atom stereocenters. The van der Waals surface area contributed by atoms with Crippen LogP contribution < -0.4 is 5.32 Å². The lowest BCUT2D eigenvalue weighted by Crippen LogP contribution is -2.44. The largest absolute Gasteiger partial charge is 0.373 e. The van der Waals surface area contributed by atoms with Gasteiger partial charge in [-0.2, -0.15) is 5.10 Å². The number of likely N-dealkylation sites (N-methyl/N-ethyl adjacent to an activating group) is 1. The van der Waals surface area contributed by atoms with Gasteiger partial charge in [0, 0.05) is 24.9 Å². The van der Waals surface area contributed by atoms with E-state index in [0.29, 0.717) is 0 Å². The summed E-state index contributed by atoms with van der Waals surface area (Å²) in [6.45, 7) is 9.03. The van der Waals surface area contributed by atoms with Gasteiger partial charge in [0.25, 0.3) is 0 Å². The van der Waals surface area contributed by atoms with Crippen molar-refractivity contribution in [3.8, 4) is 0 Å². The zero-order valence-corrected chi connectivity index (χ0v) is 12.5. The van der Waals surface area contributed by atoms with Crippen LogP contribution in [-0.2, 0) is 11.3 Å². The van der Waals surface area contributed by atoms with Crippen LogP contribution in [0.15, 0.2) is 12.4 Å². The number of rotatable bonds is 7. The molecule has 4 nitrogen and oxygen atoms in total. The average molecular weight is 265 g/mol. The standard InChI is InChI=1S/C15H27N3O/c1-4-16-14(13-11-17-18(5-2)12-13)15(19-6-3)9-7-8-10-15/h11-12,14,16H,4-10H2,1-3H3. The predicted molar refractivity (Wildman–Crippen MR) is 77.1 cm³/mol. The quantitative estimate of drug-likeness (QED) is 0.824. The highest BCUT2D eigenvalue weighted by Crippen LogP contribution is 2.42. The number of nitrogens with one attached hydrogen (secondary N) is 1. The Hall–Kier alpha value is -0.870. The zero-order valence-electron chi connectivity index (χ0n) is 12.5. The highest BCUT2D eigenvalue weighted by Gasteiger charge is 2.43. The van der Waals surface area contributed by atoms with Crippen molar-refractivity contribution in [2.75, 3.05) is 13.2 Å². The number of nitrogens with zero attached hydrogens (tertiary/aromatic N) is 2. The maximum atomic E-state index is 6.20. The normalized spacial score (nSPS) is 19.7. The molecule has 0 radical (unpaired) electrons. The van der Waals surface area contributed by atoms with E-state index in [1.807, 2.05) is 10.9 Å². The fraction of sp³-hybridized carbons (Fsp3) is 0.800. The van der Waals surface area contributed by atoms with Crippen molar-refractivity contribution in [1.82, 2.24) is 15.1 Å². The first-order chi connectivity index (χ1) is 9.25. The molecule has 1 aliphatic rings. The summed E-state index contributed by atoms with van der Waals surface area (Å²) >= 11 is 0. The van der Waals surface area contributed by atoms with Gasteiger partial charge >= 0.3 is 0 Å². The molecule has 1 aliphatic carbocycles. The van der Waals surface area contributed by atoms with E-state index in [4.69, 9.17) is 4.74 Å². The Morgan fingerprint density at radius 3 is 2.63 bits per heavy atom. The smallest absolute Gasteiger partial charge is 0.0877 e. The first-order valence-electron chi connectivity index (χ1n) is 7.65. The Morgan fingerprint density at radius 2 is 2.11 bits per heavy atom. The molecule has 0 amide bonds. The van der Waals surface area contributed by atoms with Crippen LogP contribution in [0, 0.1) is 0 Å². The van der Waals surface area contributed by atoms with Crippen molar-refractivity contribution in [2.24, 2.45) is 0 Å². The third kappa shape index (κ3) is 3.00. The van der Waals surface area contributed by atoms with Gasteiger partial charge in [0.2, 0.25) is 0 Å². The molecule has 1 heterocycles. The number of hydrogen-bond acceptors (Lipinski definition) is 3. The monoisotopic (exact) mass is 265 g/mol. The minimum atomic E-state index is -0.0354. The van der Waals surface area contributed by atoms with Crippen molar-refractivity contribution in [2.45, 2.75) is 64.6 Å². The van der Waals surface area contributed by atoms with Gasteiger partial charge in [0.15, 0.2) is 0 Å². The lowest BCUT2D eigenvalue weighted by molar-refractivity contribution is -0.0623. The van der Waals surface area contributed by atoms with Crippen molar-refractivity contribution in [1.29, 1.82) is 0 Å². The Kier molecular flexibility index (Phi) is 4.99. The molecule has 1 N–H and O–H groups in total. The number of aryl methyl sites for hydroxylation is 1. The molecule has 0 saturated heterocycles. The molecule has 0 aliphatic heterocycles. The second-order valence-corrected chi connectivity index (χ2v) is 5.32. The Morgan fingerprint density at radius 1 is 1.37 bits per heavy atom. The fourth-order valence-corrected chi connectivity index (χ4v) is 3.29. The lowest BCUT2D eigenvalue weighted by Gasteiger charge is -2.37. The Labute approximate surface area is 116 Å². The van der Waals surface area contributed by atoms with Crippen molar-refractivity contribution in [3.05, 3.63) is 18.0 Å². The zero-order chi connectivity index (χ0) is 13.7. The third-order valence-electron chi connectivity index (χ3n) is 4.13. The SMILES string of the molecule is CCNC(c1cnn(CC)c1)C1(OCC)CCCC1. The van der Waals surface area contributed by atoms with Gasteiger partial charge in [-0.25, -0.2) is 0 Å². The van der Waals surface area contributed by atoms with Crippen LogP contribution in [0.4, 0.5) is 0 Å². The molecule has 19 heavy (non-hydrogen) atoms. The van der Waals surface area contributed by atoms with E-state index in [1.165, 1.54) is 18.4 Å². The molecule has 1 aromatic heterocycles. The molecular formula is C15H27N3O. The van der Waals surface area contributed by atoms with Gasteiger partial charge in [0.05, 0.1) is 17.8 Å². The van der Waals surface area contributed by atoms with E-state index in [9.17, 15) is 0 Å². The summed E-state index contributed by atoms with van der Waals surface area (Å²) in [5.41, 5.74) is 1.23. The van der Waals surface area contributed by atoms with Crippen LogP contribution in [0.3, 0.4) is 0 Å². The summed E-state index contributed by atoms with van der Waals surface area (Å²) < 4.78 is 8.20. The molecule has 4 heteroatoms. The average Bonchev–Trinajstić information content (AvgIpc) is 3.06. The van der Waals surface area contributed by atoms with E-state index >= 15 is 0 Å². The van der Waals surface area contributed by atoms with Gasteiger partial charge < -0.3 is 10.1 Å². The Bertz CT molecular complexity index is 382. The molecule has 1 aromatic rings. The summed E-state index contributed by atoms with van der Waals surface area (Å²) in [5, 5.41) is 8.05. The van der Waals surface area contributed by atoms with Crippen LogP contribution >= 0.6 is 0 Å². The maximum absolute atomic E-state index is 6.20. The molecule has 1 fully saturated rings. The highest BCUT2D eigenvalue weighted by atomic mass is 16.5. The van der Waals surface area contributed by atoms with Crippen molar-refractivity contribution >= 4 is 0 Å². The third-order valence-corrected chi connectivity index (χ3v) is 4.13. The van der Waals surface area contributed by atoms with E-state index in [1.54, 1.807) is 0 Å². The van der Waals surface area contributed by atoms with Gasteiger partial charge in [0.1, 0.15) is 0 Å². The maximum Gasteiger partial charge on any atom is 0.0877 e. The second-order valence-electron chi connectivity index (χ2n) is 5.32. The molecule has 108 valence electrons. The molecule has 1 unspecified atom stereocenters. The molecule has 0 aromatic carbocycles. The molecule has 0 bridgehead atoms. The van der Waals surface area contributed by atoms with Crippen LogP contribution in [0.25, 0.3) is 0 Å². The molecule has 2 rings (SSSR count). The number of ether oxygens (including phenoxy) is 1. The molecular weight excluding hydrogens is 238 g/mol. The van der Waals surface area contributed by atoms with E-state index in [0.717, 1.165) is 32.5 Å². The molecule has 0 spiro atoms. The summed E-state index contributed by atoms with van der Waals surface area (Å²) in [4.78, 5) is 0. The van der Waals surface area contributed by atoms with Gasteiger partial charge in [-0.3, -0.25) is 4.68 Å². The van der Waals surface area contributed by atoms with Crippen LogP contribution in [-0.4, -0.2) is 28.5 Å². The van der Waals surface area contributed by atoms with Crippen LogP contribution in [0.2, 0.25) is 0 Å². The summed E-state index contributed by atoms with van der Waals surface area (Å²) in [7, 11) is 0. The van der Waals surface area contributed by atoms with E-state index in [-0.39, 0.29) is 11.6 Å². The van der Waals surface area contributed by atoms with Gasteiger partial charge in [-0.05, 0) is 33.2 Å². The van der Waals surface area contributed by atoms with E-state index < -0.39 is 0 Å². The number of hydrogen-bond donors (Lipinski definition) is 1. The first-order valence-corrected chi connectivity index (χ1v) is 7.65. The highest BCUT2D eigenvalue weighted by molar-refractivity contribution is 5.17. The van der Waals surface area contributed by atoms with E-state index in [2.05, 4.69) is 37.4 Å². The van der Waals surface area contributed by atoms with Crippen LogP contribution in [0.5, 0.6) is 0 Å². The summed E-state index contributed by atoms with van der Waals surface area (Å²) in [6.07, 6.45) is 8.99. The van der Waals surface area contributed by atoms with Gasteiger partial charge in [-0.15, -0.1) is 0 Å². The second kappa shape index (κ2) is 6.53. The molecule has 1 saturated carbocycles. The van der Waals surface area contributed by atoms with Crippen LogP contribution in [0.1, 0.15) is 58.1 Å². The minimum absolute atomic E-state index is 0.0354. The Balaban J connectivity index is 2.26. The summed E-state index contributed by atoms with van der Waals surface area (Å²) in [6, 6.07) is 0.264. The predicted octanol–water partition coefficient (Wildman–Crippen LogP) is 2.90. The van der Waals surface area contributed by atoms with Gasteiger partial charge in [-0.1, -0.05) is 19.8 Å². The minimum Gasteiger partial charge on any atom is -0.373 e.